The maximum Gasteiger partial charge on any atom is 0.254 e. The lowest BCUT2D eigenvalue weighted by molar-refractivity contribution is -0.113. The highest BCUT2D eigenvalue weighted by atomic mass is 32.2. The number of thioether (sulfide) groups is 1. The molecule has 106 valence electrons. The van der Waals surface area contributed by atoms with E-state index in [9.17, 15) is 14.7 Å². The van der Waals surface area contributed by atoms with Crippen molar-refractivity contribution in [1.82, 2.24) is 4.90 Å². The summed E-state index contributed by atoms with van der Waals surface area (Å²) in [6, 6.07) is 5.36. The van der Waals surface area contributed by atoms with Gasteiger partial charge in [-0.1, -0.05) is 0 Å². The molecule has 3 rings (SSSR count). The van der Waals surface area contributed by atoms with Gasteiger partial charge >= 0.3 is 0 Å². The zero-order valence-electron chi connectivity index (χ0n) is 11.2. The third kappa shape index (κ3) is 2.53. The molecule has 1 atom stereocenters. The smallest absolute Gasteiger partial charge is 0.254 e. The summed E-state index contributed by atoms with van der Waals surface area (Å²) in [5.74, 6) is 0.265. The van der Waals surface area contributed by atoms with Crippen molar-refractivity contribution < 1.29 is 14.7 Å². The second-order valence-corrected chi connectivity index (χ2v) is 6.54. The molecule has 0 bridgehead atoms. The van der Waals surface area contributed by atoms with Gasteiger partial charge in [0.1, 0.15) is 0 Å². The fourth-order valence-electron chi connectivity index (χ4n) is 2.52. The van der Waals surface area contributed by atoms with Gasteiger partial charge in [0.15, 0.2) is 0 Å². The van der Waals surface area contributed by atoms with Gasteiger partial charge in [-0.2, -0.15) is 0 Å². The van der Waals surface area contributed by atoms with Crippen LogP contribution in [0.25, 0.3) is 0 Å². The van der Waals surface area contributed by atoms with Crippen LogP contribution in [0.1, 0.15) is 23.7 Å². The lowest BCUT2D eigenvalue weighted by Gasteiger charge is -2.21. The lowest BCUT2D eigenvalue weighted by Crippen LogP contribution is -2.34. The van der Waals surface area contributed by atoms with E-state index in [0.717, 1.165) is 4.90 Å². The molecule has 0 aliphatic carbocycles. The molecule has 0 saturated carbocycles. The first-order valence-electron chi connectivity index (χ1n) is 6.53. The van der Waals surface area contributed by atoms with E-state index < -0.39 is 5.60 Å². The first kappa shape index (κ1) is 13.5. The van der Waals surface area contributed by atoms with E-state index in [1.807, 2.05) is 6.07 Å². The van der Waals surface area contributed by atoms with Crippen molar-refractivity contribution in [3.63, 3.8) is 0 Å². The summed E-state index contributed by atoms with van der Waals surface area (Å²) < 4.78 is 0. The van der Waals surface area contributed by atoms with E-state index in [4.69, 9.17) is 0 Å². The molecule has 2 heterocycles. The van der Waals surface area contributed by atoms with Crippen LogP contribution < -0.4 is 5.32 Å². The van der Waals surface area contributed by atoms with Gasteiger partial charge in [-0.05, 0) is 31.5 Å². The third-order valence-corrected chi connectivity index (χ3v) is 4.67. The first-order valence-corrected chi connectivity index (χ1v) is 7.52. The van der Waals surface area contributed by atoms with E-state index in [1.54, 1.807) is 24.0 Å². The number of β-amino-alcohol motifs (C(OH)–C–C–N with tert-alkyl or cyclic N) is 1. The van der Waals surface area contributed by atoms with Crippen LogP contribution in [0.3, 0.4) is 0 Å². The molecule has 1 aromatic rings. The number of nitrogens with zero attached hydrogens (tertiary/aromatic N) is 1. The number of carbonyl (C=O) groups is 2. The summed E-state index contributed by atoms with van der Waals surface area (Å²) in [5.41, 5.74) is 0.445. The summed E-state index contributed by atoms with van der Waals surface area (Å²) in [6.07, 6.45) is 0.594. The van der Waals surface area contributed by atoms with Crippen molar-refractivity contribution in [3.8, 4) is 0 Å². The highest BCUT2D eigenvalue weighted by Gasteiger charge is 2.34. The maximum absolute atomic E-state index is 12.4. The van der Waals surface area contributed by atoms with E-state index in [1.165, 1.54) is 11.8 Å². The Morgan fingerprint density at radius 1 is 1.50 bits per heavy atom. The highest BCUT2D eigenvalue weighted by molar-refractivity contribution is 8.00. The van der Waals surface area contributed by atoms with Crippen molar-refractivity contribution in [2.24, 2.45) is 0 Å². The van der Waals surface area contributed by atoms with Gasteiger partial charge in [-0.15, -0.1) is 11.8 Å². The first-order chi connectivity index (χ1) is 9.44. The van der Waals surface area contributed by atoms with Crippen LogP contribution in [-0.2, 0) is 4.79 Å². The number of hydrogen-bond acceptors (Lipinski definition) is 4. The van der Waals surface area contributed by atoms with Crippen LogP contribution in [0, 0.1) is 0 Å². The molecule has 0 spiro atoms. The largest absolute Gasteiger partial charge is 0.388 e. The number of nitrogens with one attached hydrogen (secondary N) is 1. The molecule has 0 radical (unpaired) electrons. The lowest BCUT2D eigenvalue weighted by atomic mass is 10.1. The topological polar surface area (TPSA) is 69.6 Å². The van der Waals surface area contributed by atoms with Crippen molar-refractivity contribution in [2.75, 3.05) is 24.2 Å². The molecule has 1 unspecified atom stereocenters. The second kappa shape index (κ2) is 4.79. The summed E-state index contributed by atoms with van der Waals surface area (Å²) in [5, 5.41) is 12.7. The van der Waals surface area contributed by atoms with Gasteiger partial charge in [0.05, 0.1) is 17.0 Å². The van der Waals surface area contributed by atoms with Gasteiger partial charge < -0.3 is 15.3 Å². The Hall–Kier alpha value is -1.53. The van der Waals surface area contributed by atoms with Crippen LogP contribution >= 0.6 is 11.8 Å². The molecule has 1 fully saturated rings. The molecule has 5 nitrogen and oxygen atoms in total. The monoisotopic (exact) mass is 292 g/mol. The number of carbonyl (C=O) groups excluding carboxylic acids is 2. The average Bonchev–Trinajstić information content (AvgIpc) is 2.77. The van der Waals surface area contributed by atoms with Crippen molar-refractivity contribution in [2.45, 2.75) is 23.8 Å². The quantitative estimate of drug-likeness (QED) is 0.819. The van der Waals surface area contributed by atoms with Gasteiger partial charge in [0.25, 0.3) is 5.91 Å². The predicted octanol–water partition coefficient (Wildman–Crippen LogP) is 1.33. The minimum atomic E-state index is -0.798. The molecular formula is C14H16N2O3S. The number of rotatable bonds is 1. The number of benzene rings is 1. The fraction of sp³-hybridized carbons (Fsp3) is 0.429. The maximum atomic E-state index is 12.4. The van der Waals surface area contributed by atoms with Gasteiger partial charge in [0.2, 0.25) is 5.91 Å². The molecule has 1 saturated heterocycles. The van der Waals surface area contributed by atoms with Crippen LogP contribution in [0.2, 0.25) is 0 Å². The Morgan fingerprint density at radius 3 is 3.00 bits per heavy atom. The minimum absolute atomic E-state index is 0.0452. The Labute approximate surface area is 121 Å². The fourth-order valence-corrected chi connectivity index (χ4v) is 3.31. The normalized spacial score (nSPS) is 25.3. The third-order valence-electron chi connectivity index (χ3n) is 3.60. The Kier molecular flexibility index (Phi) is 3.22. The van der Waals surface area contributed by atoms with Gasteiger partial charge in [-0.25, -0.2) is 0 Å². The molecule has 2 aliphatic heterocycles. The second-order valence-electron chi connectivity index (χ2n) is 5.52. The molecule has 20 heavy (non-hydrogen) atoms. The zero-order chi connectivity index (χ0) is 14.3. The molecule has 0 aromatic heterocycles. The summed E-state index contributed by atoms with van der Waals surface area (Å²) in [7, 11) is 0. The van der Waals surface area contributed by atoms with Crippen LogP contribution in [-0.4, -0.2) is 46.3 Å². The molecular weight excluding hydrogens is 276 g/mol. The van der Waals surface area contributed by atoms with E-state index in [0.29, 0.717) is 36.5 Å². The van der Waals surface area contributed by atoms with E-state index in [2.05, 4.69) is 5.32 Å². The number of amides is 2. The van der Waals surface area contributed by atoms with E-state index in [-0.39, 0.29) is 11.8 Å². The van der Waals surface area contributed by atoms with Crippen LogP contribution in [0.4, 0.5) is 5.69 Å². The number of fused-ring (bicyclic) bond motifs is 1. The summed E-state index contributed by atoms with van der Waals surface area (Å²) in [6.45, 7) is 2.65. The number of anilines is 1. The van der Waals surface area contributed by atoms with Gasteiger partial charge in [-0.3, -0.25) is 9.59 Å². The number of aliphatic hydroxyl groups is 1. The Morgan fingerprint density at radius 2 is 2.30 bits per heavy atom. The van der Waals surface area contributed by atoms with Crippen molar-refractivity contribution >= 4 is 29.3 Å². The number of hydrogen-bond donors (Lipinski definition) is 2. The SMILES string of the molecule is CC1(O)CCN(C(=O)c2ccc3c(c2)NC(=O)CS3)C1. The molecule has 2 N–H and O–H groups in total. The van der Waals surface area contributed by atoms with Gasteiger partial charge in [0, 0.05) is 23.5 Å². The average molecular weight is 292 g/mol. The molecule has 2 amide bonds. The van der Waals surface area contributed by atoms with E-state index >= 15 is 0 Å². The van der Waals surface area contributed by atoms with Crippen molar-refractivity contribution in [3.05, 3.63) is 23.8 Å². The summed E-state index contributed by atoms with van der Waals surface area (Å²) in [4.78, 5) is 26.4. The van der Waals surface area contributed by atoms with Crippen LogP contribution in [0.15, 0.2) is 23.1 Å². The van der Waals surface area contributed by atoms with Crippen LogP contribution in [0.5, 0.6) is 0 Å². The molecule has 2 aliphatic rings. The Bertz CT molecular complexity index is 586. The predicted molar refractivity (Wildman–Crippen MR) is 76.9 cm³/mol. The Balaban J connectivity index is 1.82. The highest BCUT2D eigenvalue weighted by Crippen LogP contribution is 2.32. The zero-order valence-corrected chi connectivity index (χ0v) is 12.0. The van der Waals surface area contributed by atoms with Crippen molar-refractivity contribution in [1.29, 1.82) is 0 Å². The molecule has 6 heteroatoms. The molecule has 1 aromatic carbocycles. The standard InChI is InChI=1S/C14H16N2O3S/c1-14(19)4-5-16(8-14)13(18)9-2-3-11-10(6-9)15-12(17)7-20-11/h2-3,6,19H,4-5,7-8H2,1H3,(H,15,17). The summed E-state index contributed by atoms with van der Waals surface area (Å²) >= 11 is 1.47. The minimum Gasteiger partial charge on any atom is -0.388 e. The number of likely N-dealkylation sites (tertiary alicyclic amines) is 1.